The molecule has 24 heavy (non-hydrogen) atoms. The van der Waals surface area contributed by atoms with Crippen LogP contribution < -0.4 is 15.4 Å². The van der Waals surface area contributed by atoms with Crippen LogP contribution >= 0.6 is 11.6 Å². The quantitative estimate of drug-likeness (QED) is 0.810. The number of rotatable bonds is 2. The van der Waals surface area contributed by atoms with E-state index >= 15 is 0 Å². The maximum absolute atomic E-state index is 13.6. The van der Waals surface area contributed by atoms with Crippen LogP contribution in [-0.4, -0.2) is 11.6 Å². The van der Waals surface area contributed by atoms with Crippen molar-refractivity contribution < 1.29 is 13.9 Å². The first kappa shape index (κ1) is 16.6. The topological polar surface area (TPSA) is 50.4 Å². The van der Waals surface area contributed by atoms with E-state index in [2.05, 4.69) is 10.6 Å². The van der Waals surface area contributed by atoms with Gasteiger partial charge in [-0.05, 0) is 50.2 Å². The zero-order valence-corrected chi connectivity index (χ0v) is 14.2. The summed E-state index contributed by atoms with van der Waals surface area (Å²) < 4.78 is 19.5. The molecule has 126 valence electrons. The highest BCUT2D eigenvalue weighted by Crippen LogP contribution is 2.39. The second-order valence-corrected chi connectivity index (χ2v) is 6.85. The average molecular weight is 349 g/mol. The Hall–Kier alpha value is -2.27. The standard InChI is InChI=1S/C18H18ClFN2O2/c1-18(2)10-15(14-9-12(20)6-7-16(14)24-18)22-17(23)21-13-5-3-4-11(19)8-13/h3-9,15H,10H2,1-2H3,(H2,21,22,23)/t15-/m1/s1. The van der Waals surface area contributed by atoms with E-state index in [-0.39, 0.29) is 17.9 Å². The highest BCUT2D eigenvalue weighted by molar-refractivity contribution is 6.30. The summed E-state index contributed by atoms with van der Waals surface area (Å²) in [5.74, 6) is 0.222. The van der Waals surface area contributed by atoms with Crippen LogP contribution in [0.3, 0.4) is 0 Å². The van der Waals surface area contributed by atoms with Crippen molar-refractivity contribution in [1.82, 2.24) is 5.32 Å². The Morgan fingerprint density at radius 2 is 2.08 bits per heavy atom. The molecule has 0 bridgehead atoms. The third kappa shape index (κ3) is 3.79. The van der Waals surface area contributed by atoms with Gasteiger partial charge in [-0.2, -0.15) is 0 Å². The van der Waals surface area contributed by atoms with Crippen LogP contribution in [0.25, 0.3) is 0 Å². The molecule has 6 heteroatoms. The number of anilines is 1. The second-order valence-electron chi connectivity index (χ2n) is 6.41. The molecule has 1 aliphatic heterocycles. The monoisotopic (exact) mass is 348 g/mol. The molecule has 0 fully saturated rings. The zero-order chi connectivity index (χ0) is 17.3. The number of hydrogen-bond donors (Lipinski definition) is 2. The van der Waals surface area contributed by atoms with Gasteiger partial charge in [0.05, 0.1) is 6.04 Å². The number of carbonyl (C=O) groups excluding carboxylic acids is 1. The lowest BCUT2D eigenvalue weighted by Gasteiger charge is -2.37. The van der Waals surface area contributed by atoms with Gasteiger partial charge in [0.2, 0.25) is 0 Å². The summed E-state index contributed by atoms with van der Waals surface area (Å²) in [6, 6.07) is 10.5. The Labute approximate surface area is 145 Å². The Kier molecular flexibility index (Phi) is 4.37. The van der Waals surface area contributed by atoms with Gasteiger partial charge in [-0.3, -0.25) is 0 Å². The van der Waals surface area contributed by atoms with Crippen molar-refractivity contribution in [3.8, 4) is 5.75 Å². The van der Waals surface area contributed by atoms with E-state index in [1.807, 2.05) is 13.8 Å². The predicted octanol–water partition coefficient (Wildman–Crippen LogP) is 4.90. The molecular formula is C18H18ClFN2O2. The van der Waals surface area contributed by atoms with Crippen molar-refractivity contribution in [3.05, 3.63) is 58.9 Å². The zero-order valence-electron chi connectivity index (χ0n) is 13.4. The van der Waals surface area contributed by atoms with Crippen molar-refractivity contribution in [1.29, 1.82) is 0 Å². The van der Waals surface area contributed by atoms with Crippen LogP contribution in [0.2, 0.25) is 5.02 Å². The SMILES string of the molecule is CC1(C)C[C@@H](NC(=O)Nc2cccc(Cl)c2)c2cc(F)ccc2O1. The lowest BCUT2D eigenvalue weighted by atomic mass is 9.89. The summed E-state index contributed by atoms with van der Waals surface area (Å²) in [4.78, 5) is 12.3. The number of urea groups is 1. The molecule has 0 unspecified atom stereocenters. The fourth-order valence-corrected chi connectivity index (χ4v) is 3.04. The molecule has 0 aromatic heterocycles. The summed E-state index contributed by atoms with van der Waals surface area (Å²) in [7, 11) is 0. The lowest BCUT2D eigenvalue weighted by molar-refractivity contribution is 0.0680. The van der Waals surface area contributed by atoms with Gasteiger partial charge in [0.15, 0.2) is 0 Å². The van der Waals surface area contributed by atoms with Crippen LogP contribution in [0, 0.1) is 5.82 Å². The van der Waals surface area contributed by atoms with Crippen LogP contribution in [0.5, 0.6) is 5.75 Å². The van der Waals surface area contributed by atoms with Crippen molar-refractivity contribution >= 4 is 23.3 Å². The van der Waals surface area contributed by atoms with E-state index in [0.29, 0.717) is 28.4 Å². The van der Waals surface area contributed by atoms with Crippen LogP contribution in [0.4, 0.5) is 14.9 Å². The lowest BCUT2D eigenvalue weighted by Crippen LogP contribution is -2.42. The molecule has 3 rings (SSSR count). The van der Waals surface area contributed by atoms with Gasteiger partial charge in [-0.15, -0.1) is 0 Å². The minimum atomic E-state index is -0.459. The fraction of sp³-hybridized carbons (Fsp3) is 0.278. The molecule has 0 saturated carbocycles. The summed E-state index contributed by atoms with van der Waals surface area (Å²) in [6.07, 6.45) is 0.534. The first-order chi connectivity index (χ1) is 11.3. The molecular weight excluding hydrogens is 331 g/mol. The summed E-state index contributed by atoms with van der Waals surface area (Å²) in [5.41, 5.74) is 0.764. The van der Waals surface area contributed by atoms with Gasteiger partial charge in [0.25, 0.3) is 0 Å². The Morgan fingerprint density at radius 1 is 1.29 bits per heavy atom. The molecule has 1 atom stereocenters. The molecule has 2 aromatic carbocycles. The van der Waals surface area contributed by atoms with E-state index < -0.39 is 5.60 Å². The van der Waals surface area contributed by atoms with Gasteiger partial charge in [0.1, 0.15) is 17.2 Å². The van der Waals surface area contributed by atoms with E-state index in [9.17, 15) is 9.18 Å². The number of nitrogens with one attached hydrogen (secondary N) is 2. The van der Waals surface area contributed by atoms with Crippen LogP contribution in [0.1, 0.15) is 31.9 Å². The van der Waals surface area contributed by atoms with E-state index in [1.54, 1.807) is 30.3 Å². The molecule has 1 aliphatic rings. The van der Waals surface area contributed by atoms with Crippen molar-refractivity contribution in [3.63, 3.8) is 0 Å². The van der Waals surface area contributed by atoms with Gasteiger partial charge < -0.3 is 15.4 Å². The summed E-state index contributed by atoms with van der Waals surface area (Å²) in [6.45, 7) is 3.87. The van der Waals surface area contributed by atoms with Gasteiger partial charge >= 0.3 is 6.03 Å². The van der Waals surface area contributed by atoms with Crippen molar-refractivity contribution in [2.24, 2.45) is 0 Å². The van der Waals surface area contributed by atoms with Gasteiger partial charge in [0, 0.05) is 22.7 Å². The minimum absolute atomic E-state index is 0.348. The summed E-state index contributed by atoms with van der Waals surface area (Å²) >= 11 is 5.91. The highest BCUT2D eigenvalue weighted by atomic mass is 35.5. The molecule has 0 aliphatic carbocycles. The number of ether oxygens (including phenoxy) is 1. The normalized spacial score (nSPS) is 18.2. The highest BCUT2D eigenvalue weighted by Gasteiger charge is 2.34. The van der Waals surface area contributed by atoms with Crippen LogP contribution in [0.15, 0.2) is 42.5 Å². The van der Waals surface area contributed by atoms with E-state index in [1.165, 1.54) is 12.1 Å². The number of hydrogen-bond acceptors (Lipinski definition) is 2. The molecule has 2 N–H and O–H groups in total. The predicted molar refractivity (Wildman–Crippen MR) is 92.1 cm³/mol. The van der Waals surface area contributed by atoms with E-state index in [0.717, 1.165) is 0 Å². The number of amides is 2. The number of halogens is 2. The van der Waals surface area contributed by atoms with Crippen molar-refractivity contribution in [2.75, 3.05) is 5.32 Å². The maximum Gasteiger partial charge on any atom is 0.319 e. The second kappa shape index (κ2) is 6.32. The minimum Gasteiger partial charge on any atom is -0.487 e. The van der Waals surface area contributed by atoms with Gasteiger partial charge in [-0.25, -0.2) is 9.18 Å². The molecule has 0 radical (unpaired) electrons. The Bertz CT molecular complexity index is 779. The first-order valence-corrected chi connectivity index (χ1v) is 8.02. The third-order valence-electron chi connectivity index (χ3n) is 3.82. The molecule has 0 spiro atoms. The average Bonchev–Trinajstić information content (AvgIpc) is 2.47. The molecule has 2 amide bonds. The number of carbonyl (C=O) groups is 1. The smallest absolute Gasteiger partial charge is 0.319 e. The third-order valence-corrected chi connectivity index (χ3v) is 4.05. The number of fused-ring (bicyclic) bond motifs is 1. The fourth-order valence-electron chi connectivity index (χ4n) is 2.85. The van der Waals surface area contributed by atoms with E-state index in [4.69, 9.17) is 16.3 Å². The van der Waals surface area contributed by atoms with Crippen LogP contribution in [-0.2, 0) is 0 Å². The first-order valence-electron chi connectivity index (χ1n) is 7.64. The Morgan fingerprint density at radius 3 is 2.83 bits per heavy atom. The molecule has 0 saturated heterocycles. The van der Waals surface area contributed by atoms with Crippen molar-refractivity contribution in [2.45, 2.75) is 31.9 Å². The Balaban J connectivity index is 1.79. The largest absolute Gasteiger partial charge is 0.487 e. The van der Waals surface area contributed by atoms with Gasteiger partial charge in [-0.1, -0.05) is 17.7 Å². The molecule has 1 heterocycles. The number of benzene rings is 2. The maximum atomic E-state index is 13.6. The molecule has 2 aromatic rings. The molecule has 4 nitrogen and oxygen atoms in total. The summed E-state index contributed by atoms with van der Waals surface area (Å²) in [5, 5.41) is 6.15.